The summed E-state index contributed by atoms with van der Waals surface area (Å²) in [6.45, 7) is 0.0318. The molecule has 0 aliphatic carbocycles. The van der Waals surface area contributed by atoms with E-state index in [2.05, 4.69) is 5.10 Å². The predicted octanol–water partition coefficient (Wildman–Crippen LogP) is 0.557. The first-order valence-electron chi connectivity index (χ1n) is 4.04. The van der Waals surface area contributed by atoms with Crippen molar-refractivity contribution < 1.29 is 9.52 Å². The van der Waals surface area contributed by atoms with Gasteiger partial charge in [-0.1, -0.05) is 6.07 Å². The van der Waals surface area contributed by atoms with Crippen LogP contribution in [-0.4, -0.2) is 21.5 Å². The van der Waals surface area contributed by atoms with E-state index in [9.17, 15) is 4.79 Å². The largest absolute Gasteiger partial charge is 0.437 e. The van der Waals surface area contributed by atoms with Gasteiger partial charge in [0, 0.05) is 0 Å². The second-order valence-electron chi connectivity index (χ2n) is 2.60. The first kappa shape index (κ1) is 9.17. The van der Waals surface area contributed by atoms with Gasteiger partial charge in [0.25, 0.3) is 5.89 Å². The lowest BCUT2D eigenvalue weighted by Gasteiger charge is -1.89. The predicted molar refractivity (Wildman–Crippen MR) is 51.2 cm³/mol. The average Bonchev–Trinajstić information content (AvgIpc) is 2.76. The summed E-state index contributed by atoms with van der Waals surface area (Å²) in [4.78, 5) is 12.0. The summed E-state index contributed by atoms with van der Waals surface area (Å²) in [5.41, 5.74) is 0. The molecule has 0 saturated heterocycles. The Labute approximate surface area is 83.2 Å². The van der Waals surface area contributed by atoms with Gasteiger partial charge in [-0.15, -0.1) is 16.4 Å². The second kappa shape index (κ2) is 3.77. The fourth-order valence-corrected chi connectivity index (χ4v) is 1.69. The zero-order valence-corrected chi connectivity index (χ0v) is 8.03. The molecule has 0 aliphatic rings. The van der Waals surface area contributed by atoms with Crippen molar-refractivity contribution in [3.05, 3.63) is 28.1 Å². The maximum Gasteiger partial charge on any atom is 0.437 e. The lowest BCUT2D eigenvalue weighted by Crippen LogP contribution is -2.17. The Morgan fingerprint density at radius 2 is 2.50 bits per heavy atom. The molecule has 2 aromatic heterocycles. The summed E-state index contributed by atoms with van der Waals surface area (Å²) < 4.78 is 6.01. The molecule has 0 amide bonds. The van der Waals surface area contributed by atoms with Crippen molar-refractivity contribution in [1.29, 1.82) is 0 Å². The first-order valence-corrected chi connectivity index (χ1v) is 4.92. The van der Waals surface area contributed by atoms with Gasteiger partial charge in [0.05, 0.1) is 18.0 Å². The standard InChI is InChI=1S/C8H8N2O3S/c11-4-3-10-8(12)13-7(9-10)6-2-1-5-14-6/h1-2,5,11H,3-4H2. The van der Waals surface area contributed by atoms with Crippen LogP contribution in [0.3, 0.4) is 0 Å². The monoisotopic (exact) mass is 212 g/mol. The maximum absolute atomic E-state index is 11.2. The number of hydrogen-bond acceptors (Lipinski definition) is 5. The molecular weight excluding hydrogens is 204 g/mol. The minimum atomic E-state index is -0.539. The third-order valence-corrected chi connectivity index (χ3v) is 2.51. The molecule has 0 atom stereocenters. The van der Waals surface area contributed by atoms with Crippen LogP contribution in [0.4, 0.5) is 0 Å². The first-order chi connectivity index (χ1) is 6.81. The normalized spacial score (nSPS) is 10.6. The van der Waals surface area contributed by atoms with Crippen LogP contribution in [-0.2, 0) is 6.54 Å². The molecular formula is C8H8N2O3S. The van der Waals surface area contributed by atoms with Gasteiger partial charge in [-0.2, -0.15) is 4.68 Å². The van der Waals surface area contributed by atoms with Crippen molar-refractivity contribution in [3.63, 3.8) is 0 Å². The lowest BCUT2D eigenvalue weighted by molar-refractivity contribution is 0.264. The quantitative estimate of drug-likeness (QED) is 0.807. The van der Waals surface area contributed by atoms with Gasteiger partial charge in [0.1, 0.15) is 0 Å². The van der Waals surface area contributed by atoms with Gasteiger partial charge >= 0.3 is 5.76 Å². The zero-order chi connectivity index (χ0) is 9.97. The summed E-state index contributed by atoms with van der Waals surface area (Å²) in [7, 11) is 0. The van der Waals surface area contributed by atoms with Gasteiger partial charge < -0.3 is 9.52 Å². The summed E-state index contributed by atoms with van der Waals surface area (Å²) in [6, 6.07) is 3.67. The Kier molecular flexibility index (Phi) is 2.47. The SMILES string of the molecule is O=c1oc(-c2cccs2)nn1CCO. The van der Waals surface area contributed by atoms with Gasteiger partial charge in [-0.3, -0.25) is 0 Å². The Hall–Kier alpha value is -1.40. The van der Waals surface area contributed by atoms with Crippen molar-refractivity contribution in [2.24, 2.45) is 0 Å². The molecule has 2 rings (SSSR count). The van der Waals surface area contributed by atoms with E-state index in [-0.39, 0.29) is 13.2 Å². The molecule has 0 spiro atoms. The smallest absolute Gasteiger partial charge is 0.394 e. The highest BCUT2D eigenvalue weighted by Gasteiger charge is 2.09. The summed E-state index contributed by atoms with van der Waals surface area (Å²) >= 11 is 1.45. The fourth-order valence-electron chi connectivity index (χ4n) is 1.04. The summed E-state index contributed by atoms with van der Waals surface area (Å²) in [5.74, 6) is -0.235. The number of rotatable bonds is 3. The molecule has 0 aliphatic heterocycles. The fraction of sp³-hybridized carbons (Fsp3) is 0.250. The van der Waals surface area contributed by atoms with E-state index in [0.717, 1.165) is 9.56 Å². The molecule has 0 radical (unpaired) electrons. The van der Waals surface area contributed by atoms with Crippen LogP contribution in [0, 0.1) is 0 Å². The summed E-state index contributed by atoms with van der Waals surface area (Å²) in [5, 5.41) is 14.5. The van der Waals surface area contributed by atoms with E-state index in [1.54, 1.807) is 0 Å². The molecule has 74 valence electrons. The molecule has 14 heavy (non-hydrogen) atoms. The van der Waals surface area contributed by atoms with Crippen molar-refractivity contribution in [3.8, 4) is 10.8 Å². The minimum absolute atomic E-state index is 0.129. The summed E-state index contributed by atoms with van der Waals surface area (Å²) in [6.07, 6.45) is 0. The topological polar surface area (TPSA) is 68.3 Å². The molecule has 6 heteroatoms. The molecule has 2 aromatic rings. The van der Waals surface area contributed by atoms with Crippen LogP contribution in [0.15, 0.2) is 26.7 Å². The number of aliphatic hydroxyl groups is 1. The van der Waals surface area contributed by atoms with Gasteiger partial charge in [0.15, 0.2) is 0 Å². The minimum Gasteiger partial charge on any atom is -0.394 e. The van der Waals surface area contributed by atoms with E-state index < -0.39 is 5.76 Å². The number of aliphatic hydroxyl groups excluding tert-OH is 1. The molecule has 0 aromatic carbocycles. The Morgan fingerprint density at radius 1 is 1.64 bits per heavy atom. The van der Waals surface area contributed by atoms with Crippen LogP contribution in [0.1, 0.15) is 0 Å². The molecule has 0 fully saturated rings. The molecule has 5 nitrogen and oxygen atoms in total. The number of aromatic nitrogens is 2. The molecule has 0 unspecified atom stereocenters. The Morgan fingerprint density at radius 3 is 3.14 bits per heavy atom. The van der Waals surface area contributed by atoms with Crippen molar-refractivity contribution in [2.45, 2.75) is 6.54 Å². The second-order valence-corrected chi connectivity index (χ2v) is 3.54. The van der Waals surface area contributed by atoms with Crippen LogP contribution >= 0.6 is 11.3 Å². The third kappa shape index (κ3) is 1.61. The van der Waals surface area contributed by atoms with Crippen molar-refractivity contribution in [1.82, 2.24) is 9.78 Å². The van der Waals surface area contributed by atoms with E-state index in [0.29, 0.717) is 5.89 Å². The lowest BCUT2D eigenvalue weighted by atomic mass is 10.5. The van der Waals surface area contributed by atoms with Crippen LogP contribution in [0.2, 0.25) is 0 Å². The van der Waals surface area contributed by atoms with E-state index in [1.165, 1.54) is 11.3 Å². The number of nitrogens with zero attached hydrogens (tertiary/aromatic N) is 2. The van der Waals surface area contributed by atoms with Crippen LogP contribution in [0.25, 0.3) is 10.8 Å². The Bertz CT molecular complexity index is 457. The highest BCUT2D eigenvalue weighted by molar-refractivity contribution is 7.13. The molecule has 1 N–H and O–H groups in total. The van der Waals surface area contributed by atoms with E-state index in [1.807, 2.05) is 17.5 Å². The van der Waals surface area contributed by atoms with Crippen molar-refractivity contribution in [2.75, 3.05) is 6.61 Å². The van der Waals surface area contributed by atoms with Gasteiger partial charge in [-0.25, -0.2) is 4.79 Å². The number of hydrogen-bond donors (Lipinski definition) is 1. The highest BCUT2D eigenvalue weighted by Crippen LogP contribution is 2.20. The van der Waals surface area contributed by atoms with Crippen LogP contribution in [0.5, 0.6) is 0 Å². The highest BCUT2D eigenvalue weighted by atomic mass is 32.1. The van der Waals surface area contributed by atoms with E-state index in [4.69, 9.17) is 9.52 Å². The van der Waals surface area contributed by atoms with Crippen LogP contribution < -0.4 is 5.76 Å². The zero-order valence-electron chi connectivity index (χ0n) is 7.21. The van der Waals surface area contributed by atoms with Gasteiger partial charge in [0.2, 0.25) is 0 Å². The molecule has 2 heterocycles. The van der Waals surface area contributed by atoms with Crippen molar-refractivity contribution >= 4 is 11.3 Å². The average molecular weight is 212 g/mol. The van der Waals surface area contributed by atoms with E-state index >= 15 is 0 Å². The third-order valence-electron chi connectivity index (χ3n) is 1.65. The molecule has 0 bridgehead atoms. The molecule has 0 saturated carbocycles. The maximum atomic E-state index is 11.2. The Balaban J connectivity index is 2.38. The number of thiophene rings is 1. The van der Waals surface area contributed by atoms with Gasteiger partial charge in [-0.05, 0) is 11.4 Å².